The molecule has 3 rings (SSSR count). The van der Waals surface area contributed by atoms with E-state index in [1.165, 1.54) is 11.1 Å². The SMILES string of the molecule is C#CCCCC(=O)O[C@]1(C)CCC2=C(C)CC[C@H]3/C(=C/C)C(=O)O[C@@H]3[C@H]21. The van der Waals surface area contributed by atoms with Gasteiger partial charge in [-0.2, -0.15) is 0 Å². The van der Waals surface area contributed by atoms with Crippen LogP contribution < -0.4 is 0 Å². The summed E-state index contributed by atoms with van der Waals surface area (Å²) in [5.74, 6) is 2.17. The van der Waals surface area contributed by atoms with E-state index in [4.69, 9.17) is 15.9 Å². The lowest BCUT2D eigenvalue weighted by atomic mass is 9.79. The Balaban J connectivity index is 1.87. The van der Waals surface area contributed by atoms with Gasteiger partial charge in [-0.3, -0.25) is 4.79 Å². The molecule has 0 radical (unpaired) electrons. The average molecular weight is 356 g/mol. The highest BCUT2D eigenvalue weighted by Crippen LogP contribution is 2.53. The molecule has 4 heteroatoms. The van der Waals surface area contributed by atoms with Gasteiger partial charge in [-0.05, 0) is 52.9 Å². The summed E-state index contributed by atoms with van der Waals surface area (Å²) < 4.78 is 11.8. The number of rotatable bonds is 4. The Morgan fingerprint density at radius 2 is 2.23 bits per heavy atom. The Morgan fingerprint density at radius 1 is 1.46 bits per heavy atom. The number of fused-ring (bicyclic) bond motifs is 3. The second kappa shape index (κ2) is 7.31. The van der Waals surface area contributed by atoms with E-state index >= 15 is 0 Å². The van der Waals surface area contributed by atoms with Gasteiger partial charge >= 0.3 is 11.9 Å². The van der Waals surface area contributed by atoms with Crippen molar-refractivity contribution in [2.45, 2.75) is 77.4 Å². The molecule has 2 aliphatic carbocycles. The molecule has 140 valence electrons. The molecule has 1 saturated heterocycles. The molecular formula is C22H28O4. The predicted molar refractivity (Wildman–Crippen MR) is 99.0 cm³/mol. The lowest BCUT2D eigenvalue weighted by Gasteiger charge is -2.36. The first-order valence-corrected chi connectivity index (χ1v) is 9.62. The van der Waals surface area contributed by atoms with Crippen LogP contribution in [-0.4, -0.2) is 23.6 Å². The van der Waals surface area contributed by atoms with E-state index < -0.39 is 5.60 Å². The van der Waals surface area contributed by atoms with Crippen molar-refractivity contribution in [3.63, 3.8) is 0 Å². The van der Waals surface area contributed by atoms with E-state index in [-0.39, 0.29) is 29.9 Å². The van der Waals surface area contributed by atoms with Gasteiger partial charge in [-0.25, -0.2) is 4.79 Å². The number of hydrogen-bond acceptors (Lipinski definition) is 4. The maximum absolute atomic E-state index is 12.4. The molecular weight excluding hydrogens is 328 g/mol. The van der Waals surface area contributed by atoms with Crippen molar-refractivity contribution in [2.24, 2.45) is 11.8 Å². The molecule has 26 heavy (non-hydrogen) atoms. The first-order valence-electron chi connectivity index (χ1n) is 9.62. The zero-order valence-corrected chi connectivity index (χ0v) is 16.0. The Hall–Kier alpha value is -2.02. The minimum Gasteiger partial charge on any atom is -0.459 e. The zero-order valence-electron chi connectivity index (χ0n) is 16.0. The lowest BCUT2D eigenvalue weighted by molar-refractivity contribution is -0.167. The predicted octanol–water partition coefficient (Wildman–Crippen LogP) is 4.10. The third kappa shape index (κ3) is 3.20. The van der Waals surface area contributed by atoms with Crippen LogP contribution in [0.3, 0.4) is 0 Å². The van der Waals surface area contributed by atoms with Gasteiger partial charge in [0.2, 0.25) is 0 Å². The fourth-order valence-corrected chi connectivity index (χ4v) is 4.93. The third-order valence-corrected chi connectivity index (χ3v) is 6.27. The minimum atomic E-state index is -0.624. The van der Waals surface area contributed by atoms with Crippen LogP contribution in [0, 0.1) is 24.2 Å². The van der Waals surface area contributed by atoms with Crippen LogP contribution in [0.4, 0.5) is 0 Å². The molecule has 0 aromatic heterocycles. The molecule has 1 aliphatic heterocycles. The van der Waals surface area contributed by atoms with Gasteiger partial charge in [0.05, 0.1) is 5.92 Å². The fraction of sp³-hybridized carbons (Fsp3) is 0.636. The van der Waals surface area contributed by atoms with Crippen LogP contribution in [0.1, 0.15) is 65.7 Å². The normalized spacial score (nSPS) is 34.8. The first-order chi connectivity index (χ1) is 12.4. The van der Waals surface area contributed by atoms with E-state index in [2.05, 4.69) is 12.8 Å². The summed E-state index contributed by atoms with van der Waals surface area (Å²) >= 11 is 0. The Bertz CT molecular complexity index is 708. The van der Waals surface area contributed by atoms with Gasteiger partial charge in [0.1, 0.15) is 11.7 Å². The molecule has 4 atom stereocenters. The van der Waals surface area contributed by atoms with Gasteiger partial charge in [0, 0.05) is 24.3 Å². The van der Waals surface area contributed by atoms with E-state index in [0.717, 1.165) is 31.3 Å². The summed E-state index contributed by atoms with van der Waals surface area (Å²) in [6, 6.07) is 0. The fourth-order valence-electron chi connectivity index (χ4n) is 4.93. The van der Waals surface area contributed by atoms with Crippen LogP contribution in [0.2, 0.25) is 0 Å². The third-order valence-electron chi connectivity index (χ3n) is 6.27. The second-order valence-electron chi connectivity index (χ2n) is 7.89. The molecule has 0 aromatic rings. The molecule has 1 heterocycles. The molecule has 1 saturated carbocycles. The van der Waals surface area contributed by atoms with Crippen molar-refractivity contribution >= 4 is 11.9 Å². The molecule has 2 fully saturated rings. The van der Waals surface area contributed by atoms with E-state index in [1.807, 2.05) is 19.9 Å². The molecule has 0 spiro atoms. The van der Waals surface area contributed by atoms with Crippen LogP contribution in [0.15, 0.2) is 22.8 Å². The first kappa shape index (κ1) is 18.8. The largest absolute Gasteiger partial charge is 0.459 e. The molecule has 0 aromatic carbocycles. The summed E-state index contributed by atoms with van der Waals surface area (Å²) in [5, 5.41) is 0. The summed E-state index contributed by atoms with van der Waals surface area (Å²) in [4.78, 5) is 24.7. The Kier molecular flexibility index (Phi) is 5.27. The van der Waals surface area contributed by atoms with E-state index in [1.54, 1.807) is 0 Å². The topological polar surface area (TPSA) is 52.6 Å². The smallest absolute Gasteiger partial charge is 0.334 e. The highest BCUT2D eigenvalue weighted by molar-refractivity contribution is 5.91. The van der Waals surface area contributed by atoms with Crippen molar-refractivity contribution in [2.75, 3.05) is 0 Å². The standard InChI is InChI=1S/C22H28O4/c1-5-7-8-9-18(23)26-22(4)13-12-16-14(3)10-11-17-15(6-2)21(24)25-20(17)19(16)22/h1,6,17,19-20H,7-13H2,2-4H3/b15-6-/t17-,19-,20-,22+/m0/s1. The van der Waals surface area contributed by atoms with Crippen molar-refractivity contribution < 1.29 is 19.1 Å². The van der Waals surface area contributed by atoms with Crippen molar-refractivity contribution in [3.8, 4) is 12.3 Å². The molecule has 0 amide bonds. The van der Waals surface area contributed by atoms with Gasteiger partial charge in [-0.1, -0.05) is 17.2 Å². The number of esters is 2. The quantitative estimate of drug-likeness (QED) is 0.250. The minimum absolute atomic E-state index is 0.0482. The summed E-state index contributed by atoms with van der Waals surface area (Å²) in [7, 11) is 0. The summed E-state index contributed by atoms with van der Waals surface area (Å²) in [6.45, 7) is 6.06. The highest BCUT2D eigenvalue weighted by Gasteiger charge is 2.56. The number of carbonyl (C=O) groups excluding carboxylic acids is 2. The second-order valence-corrected chi connectivity index (χ2v) is 7.89. The van der Waals surface area contributed by atoms with Crippen LogP contribution in [-0.2, 0) is 19.1 Å². The molecule has 0 N–H and O–H groups in total. The number of unbranched alkanes of at least 4 members (excludes halogenated alkanes) is 1. The van der Waals surface area contributed by atoms with Crippen molar-refractivity contribution in [3.05, 3.63) is 22.8 Å². The van der Waals surface area contributed by atoms with Crippen molar-refractivity contribution in [1.82, 2.24) is 0 Å². The van der Waals surface area contributed by atoms with Gasteiger partial charge in [0.25, 0.3) is 0 Å². The van der Waals surface area contributed by atoms with Crippen molar-refractivity contribution in [1.29, 1.82) is 0 Å². The molecule has 0 bridgehead atoms. The Morgan fingerprint density at radius 3 is 2.92 bits per heavy atom. The number of hydrogen-bond donors (Lipinski definition) is 0. The zero-order chi connectivity index (χ0) is 18.9. The monoisotopic (exact) mass is 356 g/mol. The molecule has 0 unspecified atom stereocenters. The van der Waals surface area contributed by atoms with E-state index in [9.17, 15) is 9.59 Å². The number of carbonyl (C=O) groups is 2. The van der Waals surface area contributed by atoms with Gasteiger partial charge in [0.15, 0.2) is 0 Å². The number of ether oxygens (including phenoxy) is 2. The van der Waals surface area contributed by atoms with E-state index in [0.29, 0.717) is 19.3 Å². The Labute approximate surface area is 156 Å². The summed E-state index contributed by atoms with van der Waals surface area (Å²) in [6.07, 6.45) is 12.0. The van der Waals surface area contributed by atoms with Gasteiger partial charge in [-0.15, -0.1) is 12.3 Å². The summed E-state index contributed by atoms with van der Waals surface area (Å²) in [5.41, 5.74) is 2.84. The van der Waals surface area contributed by atoms with Crippen LogP contribution in [0.5, 0.6) is 0 Å². The average Bonchev–Trinajstić information content (AvgIpc) is 3.04. The highest BCUT2D eigenvalue weighted by atomic mass is 16.6. The number of terminal acetylenes is 1. The lowest BCUT2D eigenvalue weighted by Crippen LogP contribution is -2.44. The maximum Gasteiger partial charge on any atom is 0.334 e. The number of allylic oxidation sites excluding steroid dienone is 2. The van der Waals surface area contributed by atoms with Crippen LogP contribution in [0.25, 0.3) is 0 Å². The maximum atomic E-state index is 12.4. The molecule has 4 nitrogen and oxygen atoms in total. The molecule has 3 aliphatic rings. The van der Waals surface area contributed by atoms with Gasteiger partial charge < -0.3 is 9.47 Å². The van der Waals surface area contributed by atoms with Crippen LogP contribution >= 0.6 is 0 Å².